The molecule has 2 rings (SSSR count). The number of nitrogens with one attached hydrogen (secondary N) is 2. The van der Waals surface area contributed by atoms with Crippen molar-refractivity contribution in [3.63, 3.8) is 0 Å². The first kappa shape index (κ1) is 19.9. The van der Waals surface area contributed by atoms with Crippen molar-refractivity contribution in [3.05, 3.63) is 64.1 Å². The van der Waals surface area contributed by atoms with Crippen LogP contribution in [-0.2, 0) is 14.6 Å². The molecule has 0 bridgehead atoms. The lowest BCUT2D eigenvalue weighted by Gasteiger charge is -2.09. The molecule has 2 aromatic carbocycles. The van der Waals surface area contributed by atoms with Gasteiger partial charge in [-0.25, -0.2) is 8.42 Å². The number of carbonyl (C=O) groups is 2. The molecule has 0 heterocycles. The molecule has 0 atom stereocenters. The lowest BCUT2D eigenvalue weighted by Crippen LogP contribution is -2.17. The van der Waals surface area contributed by atoms with Crippen LogP contribution in [0.2, 0.25) is 0 Å². The summed E-state index contributed by atoms with van der Waals surface area (Å²) in [7, 11) is -1.94. The Balaban J connectivity index is 2.14. The molecule has 0 aliphatic rings. The van der Waals surface area contributed by atoms with E-state index in [2.05, 4.69) is 26.6 Å². The molecule has 8 heteroatoms. The minimum absolute atomic E-state index is 0.0311. The molecule has 2 amide bonds. The third-order valence-electron chi connectivity index (χ3n) is 3.43. The molecule has 6 nitrogen and oxygen atoms in total. The highest BCUT2D eigenvalue weighted by Crippen LogP contribution is 2.25. The van der Waals surface area contributed by atoms with Gasteiger partial charge in [0, 0.05) is 29.4 Å². The van der Waals surface area contributed by atoms with Gasteiger partial charge in [0.1, 0.15) is 0 Å². The van der Waals surface area contributed by atoms with Crippen LogP contribution in [-0.4, -0.2) is 33.5 Å². The molecule has 0 saturated carbocycles. The number of amides is 2. The zero-order valence-corrected chi connectivity index (χ0v) is 16.5. The van der Waals surface area contributed by atoms with E-state index < -0.39 is 15.7 Å². The molecule has 26 heavy (non-hydrogen) atoms. The second-order valence-electron chi connectivity index (χ2n) is 5.44. The van der Waals surface area contributed by atoms with Crippen LogP contribution >= 0.6 is 15.9 Å². The van der Waals surface area contributed by atoms with Crippen LogP contribution in [0, 0.1) is 0 Å². The first-order valence-electron chi connectivity index (χ1n) is 7.51. The second kappa shape index (κ2) is 8.29. The number of sulfone groups is 1. The normalized spacial score (nSPS) is 11.3. The van der Waals surface area contributed by atoms with E-state index in [0.717, 1.165) is 11.8 Å². The predicted octanol–water partition coefficient (Wildman–Crippen LogP) is 2.86. The number of rotatable bonds is 5. The standard InChI is InChI=1S/C18H17BrN2O4S/c1-20-18(23)13-6-3-12(4-7-13)5-10-17(22)21-15-9-8-14(19)11-16(15)26(2,24)25/h3-11H,1-2H3,(H,20,23)(H,21,22)/b10-5+. The molecule has 0 aliphatic carbocycles. The van der Waals surface area contributed by atoms with Crippen LogP contribution in [0.1, 0.15) is 15.9 Å². The van der Waals surface area contributed by atoms with E-state index in [-0.39, 0.29) is 16.5 Å². The van der Waals surface area contributed by atoms with Gasteiger partial charge in [0.2, 0.25) is 5.91 Å². The van der Waals surface area contributed by atoms with Gasteiger partial charge in [0.15, 0.2) is 9.84 Å². The van der Waals surface area contributed by atoms with Crippen molar-refractivity contribution in [1.29, 1.82) is 0 Å². The molecular formula is C18H17BrN2O4S. The molecule has 2 N–H and O–H groups in total. The van der Waals surface area contributed by atoms with Gasteiger partial charge in [-0.1, -0.05) is 28.1 Å². The number of anilines is 1. The van der Waals surface area contributed by atoms with Crippen LogP contribution in [0.25, 0.3) is 6.08 Å². The van der Waals surface area contributed by atoms with Gasteiger partial charge in [0.05, 0.1) is 10.6 Å². The predicted molar refractivity (Wildman–Crippen MR) is 105 cm³/mol. The molecule has 0 aliphatic heterocycles. The van der Waals surface area contributed by atoms with Crippen LogP contribution < -0.4 is 10.6 Å². The van der Waals surface area contributed by atoms with Crippen molar-refractivity contribution in [3.8, 4) is 0 Å². The van der Waals surface area contributed by atoms with Crippen LogP contribution in [0.5, 0.6) is 0 Å². The SMILES string of the molecule is CNC(=O)c1ccc(/C=C/C(=O)Nc2ccc(Br)cc2S(C)(=O)=O)cc1. The Morgan fingerprint density at radius 3 is 2.31 bits per heavy atom. The van der Waals surface area contributed by atoms with Crippen LogP contribution in [0.4, 0.5) is 5.69 Å². The zero-order chi connectivity index (χ0) is 19.3. The third kappa shape index (κ3) is 5.27. The molecule has 0 aromatic heterocycles. The van der Waals surface area contributed by atoms with E-state index >= 15 is 0 Å². The Morgan fingerprint density at radius 2 is 1.73 bits per heavy atom. The van der Waals surface area contributed by atoms with Crippen molar-refractivity contribution in [2.75, 3.05) is 18.6 Å². The summed E-state index contributed by atoms with van der Waals surface area (Å²) in [6, 6.07) is 11.3. The Hall–Kier alpha value is -2.45. The molecule has 0 radical (unpaired) electrons. The van der Waals surface area contributed by atoms with E-state index in [1.165, 1.54) is 18.2 Å². The van der Waals surface area contributed by atoms with Crippen LogP contribution in [0.3, 0.4) is 0 Å². The summed E-state index contributed by atoms with van der Waals surface area (Å²) < 4.78 is 24.3. The highest BCUT2D eigenvalue weighted by Gasteiger charge is 2.15. The van der Waals surface area contributed by atoms with Gasteiger partial charge in [-0.15, -0.1) is 0 Å². The quantitative estimate of drug-likeness (QED) is 0.704. The monoisotopic (exact) mass is 436 g/mol. The summed E-state index contributed by atoms with van der Waals surface area (Å²) in [5, 5.41) is 5.09. The summed E-state index contributed by atoms with van der Waals surface area (Å²) in [5.41, 5.74) is 1.45. The van der Waals surface area contributed by atoms with Gasteiger partial charge in [0.25, 0.3) is 5.91 Å². The highest BCUT2D eigenvalue weighted by atomic mass is 79.9. The van der Waals surface area contributed by atoms with E-state index in [4.69, 9.17) is 0 Å². The van der Waals surface area contributed by atoms with Gasteiger partial charge in [-0.2, -0.15) is 0 Å². The first-order chi connectivity index (χ1) is 12.2. The lowest BCUT2D eigenvalue weighted by atomic mass is 10.1. The largest absolute Gasteiger partial charge is 0.355 e. The van der Waals surface area contributed by atoms with E-state index in [9.17, 15) is 18.0 Å². The second-order valence-corrected chi connectivity index (χ2v) is 8.34. The average molecular weight is 437 g/mol. The number of benzene rings is 2. The van der Waals surface area contributed by atoms with Gasteiger partial charge >= 0.3 is 0 Å². The van der Waals surface area contributed by atoms with Crippen molar-refractivity contribution < 1.29 is 18.0 Å². The van der Waals surface area contributed by atoms with E-state index in [0.29, 0.717) is 10.0 Å². The molecule has 0 saturated heterocycles. The average Bonchev–Trinajstić information content (AvgIpc) is 2.60. The molecule has 0 unspecified atom stereocenters. The fraction of sp³-hybridized carbons (Fsp3) is 0.111. The van der Waals surface area contributed by atoms with Gasteiger partial charge in [-0.3, -0.25) is 9.59 Å². The number of carbonyl (C=O) groups excluding carboxylic acids is 2. The molecular weight excluding hydrogens is 420 g/mol. The van der Waals surface area contributed by atoms with E-state index in [1.54, 1.807) is 43.5 Å². The third-order valence-corrected chi connectivity index (χ3v) is 5.06. The Morgan fingerprint density at radius 1 is 1.08 bits per heavy atom. The topological polar surface area (TPSA) is 92.3 Å². The maximum Gasteiger partial charge on any atom is 0.251 e. The summed E-state index contributed by atoms with van der Waals surface area (Å²) >= 11 is 3.22. The van der Waals surface area contributed by atoms with Gasteiger partial charge < -0.3 is 10.6 Å². The van der Waals surface area contributed by atoms with Crippen molar-refractivity contribution in [1.82, 2.24) is 5.32 Å². The molecule has 0 fully saturated rings. The molecule has 0 spiro atoms. The zero-order valence-electron chi connectivity index (χ0n) is 14.1. The number of hydrogen-bond donors (Lipinski definition) is 2. The van der Waals surface area contributed by atoms with Crippen molar-refractivity contribution in [2.24, 2.45) is 0 Å². The summed E-state index contributed by atoms with van der Waals surface area (Å²) in [4.78, 5) is 23.6. The Bertz CT molecular complexity index is 967. The summed E-state index contributed by atoms with van der Waals surface area (Å²) in [6.07, 6.45) is 3.94. The number of hydrogen-bond acceptors (Lipinski definition) is 4. The number of halogens is 1. The molecule has 2 aromatic rings. The lowest BCUT2D eigenvalue weighted by molar-refractivity contribution is -0.111. The van der Waals surface area contributed by atoms with E-state index in [1.807, 2.05) is 0 Å². The van der Waals surface area contributed by atoms with Crippen LogP contribution in [0.15, 0.2) is 57.9 Å². The Kier molecular flexibility index (Phi) is 6.33. The first-order valence-corrected chi connectivity index (χ1v) is 10.2. The smallest absolute Gasteiger partial charge is 0.251 e. The minimum atomic E-state index is -3.49. The minimum Gasteiger partial charge on any atom is -0.355 e. The highest BCUT2D eigenvalue weighted by molar-refractivity contribution is 9.10. The van der Waals surface area contributed by atoms with Crippen molar-refractivity contribution in [2.45, 2.75) is 4.90 Å². The maximum absolute atomic E-state index is 12.1. The van der Waals surface area contributed by atoms with Crippen molar-refractivity contribution >= 4 is 49.3 Å². The molecule has 136 valence electrons. The fourth-order valence-corrected chi connectivity index (χ4v) is 3.51. The summed E-state index contributed by atoms with van der Waals surface area (Å²) in [6.45, 7) is 0. The Labute approximate surface area is 160 Å². The fourth-order valence-electron chi connectivity index (χ4n) is 2.14. The summed E-state index contributed by atoms with van der Waals surface area (Å²) in [5.74, 6) is -0.658. The maximum atomic E-state index is 12.1. The van der Waals surface area contributed by atoms with Gasteiger partial charge in [-0.05, 0) is 42.0 Å².